The molecule has 9 nitrogen and oxygen atoms in total. The van der Waals surface area contributed by atoms with Crippen LogP contribution in [0.2, 0.25) is 0 Å². The molecule has 0 unspecified atom stereocenters. The van der Waals surface area contributed by atoms with Crippen molar-refractivity contribution in [3.63, 3.8) is 0 Å². The summed E-state index contributed by atoms with van der Waals surface area (Å²) in [5.74, 6) is -1.32. The summed E-state index contributed by atoms with van der Waals surface area (Å²) in [6, 6.07) is 5.10. The van der Waals surface area contributed by atoms with E-state index in [0.717, 1.165) is 0 Å². The van der Waals surface area contributed by atoms with Crippen LogP contribution in [-0.2, 0) is 14.3 Å². The van der Waals surface area contributed by atoms with E-state index in [1.807, 2.05) is 13.8 Å². The van der Waals surface area contributed by atoms with Crippen molar-refractivity contribution in [3.8, 4) is 0 Å². The van der Waals surface area contributed by atoms with Crippen LogP contribution in [0.1, 0.15) is 30.6 Å². The maximum Gasteiger partial charge on any atom is 0.308 e. The van der Waals surface area contributed by atoms with Crippen molar-refractivity contribution in [2.24, 2.45) is 0 Å². The number of carbonyl (C=O) groups excluding carboxylic acids is 3. The van der Waals surface area contributed by atoms with Crippen LogP contribution in [0.25, 0.3) is 0 Å². The van der Waals surface area contributed by atoms with E-state index in [2.05, 4.69) is 5.32 Å². The number of nitro benzene ring substituents is 1. The maximum atomic E-state index is 11.8. The van der Waals surface area contributed by atoms with Gasteiger partial charge < -0.3 is 15.0 Å². The van der Waals surface area contributed by atoms with E-state index in [-0.39, 0.29) is 36.7 Å². The van der Waals surface area contributed by atoms with Gasteiger partial charge in [0.05, 0.1) is 11.3 Å². The summed E-state index contributed by atoms with van der Waals surface area (Å²) in [5, 5.41) is 13.1. The Hall–Kier alpha value is -2.97. The summed E-state index contributed by atoms with van der Waals surface area (Å²) in [6.07, 6.45) is -0.0791. The number of hydrogen-bond donors (Lipinski definition) is 1. The summed E-state index contributed by atoms with van der Waals surface area (Å²) in [4.78, 5) is 46.6. The highest BCUT2D eigenvalue weighted by molar-refractivity contribution is 5.94. The Bertz CT molecular complexity index is 625. The predicted octanol–water partition coefficient (Wildman–Crippen LogP) is 1.13. The van der Waals surface area contributed by atoms with Crippen molar-refractivity contribution in [2.75, 3.05) is 26.2 Å². The van der Waals surface area contributed by atoms with Gasteiger partial charge in [-0.15, -0.1) is 0 Å². The summed E-state index contributed by atoms with van der Waals surface area (Å²) in [7, 11) is 0. The van der Waals surface area contributed by atoms with Gasteiger partial charge in [-0.05, 0) is 26.0 Å². The minimum absolute atomic E-state index is 0.0358. The average Bonchev–Trinajstić information content (AvgIpc) is 2.61. The summed E-state index contributed by atoms with van der Waals surface area (Å²) >= 11 is 0. The molecular formula is C16H21N3O6. The molecule has 0 aromatic heterocycles. The SMILES string of the molecule is CCN(CC)C(=O)COC(=O)CCNC(=O)c1ccc([N+](=O)[O-])cc1. The molecule has 25 heavy (non-hydrogen) atoms. The number of amides is 2. The number of esters is 1. The van der Waals surface area contributed by atoms with Gasteiger partial charge in [0, 0.05) is 37.3 Å². The van der Waals surface area contributed by atoms with E-state index in [1.54, 1.807) is 4.90 Å². The molecule has 2 amide bonds. The Labute approximate surface area is 145 Å². The normalized spacial score (nSPS) is 10.0. The second-order valence-electron chi connectivity index (χ2n) is 5.04. The lowest BCUT2D eigenvalue weighted by atomic mass is 10.2. The standard InChI is InChI=1S/C16H21N3O6/c1-3-18(4-2)14(20)11-25-15(21)9-10-17-16(22)12-5-7-13(8-6-12)19(23)24/h5-8H,3-4,9-11H2,1-2H3,(H,17,22). The first-order chi connectivity index (χ1) is 11.9. The van der Waals surface area contributed by atoms with Gasteiger partial charge in [-0.25, -0.2) is 0 Å². The smallest absolute Gasteiger partial charge is 0.308 e. The van der Waals surface area contributed by atoms with Crippen molar-refractivity contribution in [1.82, 2.24) is 10.2 Å². The molecule has 1 rings (SSSR count). The molecule has 1 N–H and O–H groups in total. The van der Waals surface area contributed by atoms with Crippen molar-refractivity contribution in [1.29, 1.82) is 0 Å². The van der Waals surface area contributed by atoms with E-state index in [4.69, 9.17) is 4.74 Å². The highest BCUT2D eigenvalue weighted by atomic mass is 16.6. The Balaban J connectivity index is 2.34. The lowest BCUT2D eigenvalue weighted by Gasteiger charge is -2.18. The van der Waals surface area contributed by atoms with E-state index in [9.17, 15) is 24.5 Å². The molecular weight excluding hydrogens is 330 g/mol. The zero-order chi connectivity index (χ0) is 18.8. The van der Waals surface area contributed by atoms with Gasteiger partial charge in [0.15, 0.2) is 6.61 Å². The molecule has 0 fully saturated rings. The Morgan fingerprint density at radius 3 is 2.28 bits per heavy atom. The summed E-state index contributed by atoms with van der Waals surface area (Å²) < 4.78 is 4.86. The third kappa shape index (κ3) is 6.58. The van der Waals surface area contributed by atoms with Crippen LogP contribution < -0.4 is 5.32 Å². The lowest BCUT2D eigenvalue weighted by molar-refractivity contribution is -0.384. The van der Waals surface area contributed by atoms with E-state index in [1.165, 1.54) is 24.3 Å². The highest BCUT2D eigenvalue weighted by Gasteiger charge is 2.13. The number of likely N-dealkylation sites (N-methyl/N-ethyl adjacent to an activating group) is 1. The van der Waals surface area contributed by atoms with Gasteiger partial charge in [0.1, 0.15) is 0 Å². The predicted molar refractivity (Wildman–Crippen MR) is 88.9 cm³/mol. The van der Waals surface area contributed by atoms with Crippen molar-refractivity contribution >= 4 is 23.5 Å². The molecule has 0 aliphatic rings. The minimum Gasteiger partial charge on any atom is -0.456 e. The van der Waals surface area contributed by atoms with Crippen molar-refractivity contribution in [3.05, 3.63) is 39.9 Å². The van der Waals surface area contributed by atoms with E-state index < -0.39 is 16.8 Å². The zero-order valence-electron chi connectivity index (χ0n) is 14.2. The monoisotopic (exact) mass is 351 g/mol. The van der Waals surface area contributed by atoms with Crippen LogP contribution in [-0.4, -0.2) is 53.8 Å². The van der Waals surface area contributed by atoms with Crippen LogP contribution in [0, 0.1) is 10.1 Å². The second kappa shape index (κ2) is 10.0. The third-order valence-corrected chi connectivity index (χ3v) is 3.43. The molecule has 0 aliphatic carbocycles. The molecule has 0 heterocycles. The van der Waals surface area contributed by atoms with Gasteiger partial charge in [-0.3, -0.25) is 24.5 Å². The fourth-order valence-corrected chi connectivity index (χ4v) is 2.00. The quantitative estimate of drug-likeness (QED) is 0.405. The van der Waals surface area contributed by atoms with Crippen molar-refractivity contribution in [2.45, 2.75) is 20.3 Å². The molecule has 0 saturated carbocycles. The number of non-ortho nitro benzene ring substituents is 1. The zero-order valence-corrected chi connectivity index (χ0v) is 14.2. The highest BCUT2D eigenvalue weighted by Crippen LogP contribution is 2.11. The van der Waals surface area contributed by atoms with Crippen LogP contribution in [0.15, 0.2) is 24.3 Å². The Morgan fingerprint density at radius 2 is 1.76 bits per heavy atom. The molecule has 0 saturated heterocycles. The van der Waals surface area contributed by atoms with Crippen LogP contribution in [0.4, 0.5) is 5.69 Å². The number of nitro groups is 1. The maximum absolute atomic E-state index is 11.8. The number of nitrogens with one attached hydrogen (secondary N) is 1. The number of benzene rings is 1. The molecule has 9 heteroatoms. The van der Waals surface area contributed by atoms with Gasteiger partial charge in [-0.1, -0.05) is 0 Å². The van der Waals surface area contributed by atoms with Gasteiger partial charge in [0.2, 0.25) is 0 Å². The van der Waals surface area contributed by atoms with E-state index >= 15 is 0 Å². The fraction of sp³-hybridized carbons (Fsp3) is 0.438. The average molecular weight is 351 g/mol. The lowest BCUT2D eigenvalue weighted by Crippen LogP contribution is -2.34. The first-order valence-electron chi connectivity index (χ1n) is 7.85. The van der Waals surface area contributed by atoms with Crippen LogP contribution in [0.3, 0.4) is 0 Å². The van der Waals surface area contributed by atoms with Gasteiger partial charge in [0.25, 0.3) is 17.5 Å². The number of carbonyl (C=O) groups is 3. The Morgan fingerprint density at radius 1 is 1.16 bits per heavy atom. The second-order valence-corrected chi connectivity index (χ2v) is 5.04. The third-order valence-electron chi connectivity index (χ3n) is 3.43. The van der Waals surface area contributed by atoms with E-state index in [0.29, 0.717) is 13.1 Å². The molecule has 0 bridgehead atoms. The largest absolute Gasteiger partial charge is 0.456 e. The fourth-order valence-electron chi connectivity index (χ4n) is 2.00. The molecule has 0 spiro atoms. The number of nitrogens with zero attached hydrogens (tertiary/aromatic N) is 2. The molecule has 0 aliphatic heterocycles. The molecule has 1 aromatic carbocycles. The van der Waals surface area contributed by atoms with Crippen molar-refractivity contribution < 1.29 is 24.0 Å². The molecule has 0 atom stereocenters. The van der Waals surface area contributed by atoms with Gasteiger partial charge >= 0.3 is 5.97 Å². The molecule has 1 aromatic rings. The number of ether oxygens (including phenoxy) is 1. The van der Waals surface area contributed by atoms with Crippen LogP contribution >= 0.6 is 0 Å². The first-order valence-corrected chi connectivity index (χ1v) is 7.85. The topological polar surface area (TPSA) is 119 Å². The summed E-state index contributed by atoms with van der Waals surface area (Å²) in [6.45, 7) is 4.45. The number of hydrogen-bond acceptors (Lipinski definition) is 6. The Kier molecular flexibility index (Phi) is 8.04. The van der Waals surface area contributed by atoms with Gasteiger partial charge in [-0.2, -0.15) is 0 Å². The summed E-state index contributed by atoms with van der Waals surface area (Å²) in [5.41, 5.74) is 0.133. The number of rotatable bonds is 9. The molecule has 0 radical (unpaired) electrons. The minimum atomic E-state index is -0.593. The molecule has 136 valence electrons. The first kappa shape index (κ1) is 20.1. The van der Waals surface area contributed by atoms with Crippen LogP contribution in [0.5, 0.6) is 0 Å².